The maximum Gasteiger partial charge on any atom is 0.221 e. The van der Waals surface area contributed by atoms with Crippen LogP contribution in [0.1, 0.15) is 13.8 Å². The third-order valence-corrected chi connectivity index (χ3v) is 4.20. The number of aromatic nitrogens is 1. The number of hydrogen-bond acceptors (Lipinski definition) is 5. The average Bonchev–Trinajstić information content (AvgIpc) is 2.66. The van der Waals surface area contributed by atoms with Gasteiger partial charge in [0.1, 0.15) is 11.3 Å². The van der Waals surface area contributed by atoms with Crippen molar-refractivity contribution in [1.29, 1.82) is 0 Å². The van der Waals surface area contributed by atoms with Crippen molar-refractivity contribution in [2.75, 3.05) is 24.9 Å². The zero-order valence-corrected chi connectivity index (χ0v) is 16.1. The maximum absolute atomic E-state index is 11.6. The lowest BCUT2D eigenvalue weighted by atomic mass is 9.98. The Morgan fingerprint density at radius 2 is 1.57 bits per heavy atom. The Balaban J connectivity index is 2.35. The number of carbonyl (C=O) groups excluding carboxylic acids is 2. The number of fused-ring (bicyclic) bond motifs is 1. The standard InChI is InChI=1S/C21H21N3O4/c1-12(25)23-16-8-6-5-7-14(16)15-9-10-22-20-19(15)18(27-3)11-17(21(20)28-4)24-13(2)26/h5-11H,1-4H3,(H,23,25)(H,24,26). The van der Waals surface area contributed by atoms with E-state index >= 15 is 0 Å². The van der Waals surface area contributed by atoms with Gasteiger partial charge in [-0.2, -0.15) is 0 Å². The first-order valence-electron chi connectivity index (χ1n) is 8.64. The summed E-state index contributed by atoms with van der Waals surface area (Å²) < 4.78 is 11.1. The van der Waals surface area contributed by atoms with Gasteiger partial charge in [-0.1, -0.05) is 18.2 Å². The monoisotopic (exact) mass is 379 g/mol. The predicted molar refractivity (Wildman–Crippen MR) is 109 cm³/mol. The molecule has 1 heterocycles. The topological polar surface area (TPSA) is 89.5 Å². The highest BCUT2D eigenvalue weighted by Crippen LogP contribution is 2.44. The van der Waals surface area contributed by atoms with Crippen molar-refractivity contribution >= 4 is 34.1 Å². The highest BCUT2D eigenvalue weighted by atomic mass is 16.5. The quantitative estimate of drug-likeness (QED) is 0.703. The highest BCUT2D eigenvalue weighted by molar-refractivity contribution is 6.08. The molecule has 7 heteroatoms. The summed E-state index contributed by atoms with van der Waals surface area (Å²) in [4.78, 5) is 27.7. The van der Waals surface area contributed by atoms with Gasteiger partial charge in [-0.15, -0.1) is 0 Å². The van der Waals surface area contributed by atoms with Gasteiger partial charge in [-0.3, -0.25) is 14.6 Å². The van der Waals surface area contributed by atoms with Crippen molar-refractivity contribution in [3.05, 3.63) is 42.6 Å². The largest absolute Gasteiger partial charge is 0.496 e. The lowest BCUT2D eigenvalue weighted by molar-refractivity contribution is -0.115. The van der Waals surface area contributed by atoms with Crippen molar-refractivity contribution in [2.24, 2.45) is 0 Å². The Labute approximate surface area is 162 Å². The van der Waals surface area contributed by atoms with Crippen molar-refractivity contribution < 1.29 is 19.1 Å². The van der Waals surface area contributed by atoms with Gasteiger partial charge in [0.25, 0.3) is 0 Å². The molecular formula is C21H21N3O4. The van der Waals surface area contributed by atoms with Gasteiger partial charge >= 0.3 is 0 Å². The number of amides is 2. The Bertz CT molecular complexity index is 1060. The molecule has 0 aliphatic heterocycles. The SMILES string of the molecule is COc1c(NC(C)=O)cc(OC)c2c(-c3ccccc3NC(C)=O)ccnc12. The molecular weight excluding hydrogens is 358 g/mol. The van der Waals surface area contributed by atoms with E-state index in [4.69, 9.17) is 9.47 Å². The van der Waals surface area contributed by atoms with Crippen LogP contribution in [0.15, 0.2) is 42.6 Å². The van der Waals surface area contributed by atoms with Crippen LogP contribution in [0.5, 0.6) is 11.5 Å². The predicted octanol–water partition coefficient (Wildman–Crippen LogP) is 3.84. The minimum absolute atomic E-state index is 0.164. The number of carbonyl (C=O) groups is 2. The van der Waals surface area contributed by atoms with Crippen LogP contribution < -0.4 is 20.1 Å². The molecule has 0 radical (unpaired) electrons. The first-order chi connectivity index (χ1) is 13.5. The lowest BCUT2D eigenvalue weighted by Gasteiger charge is -2.18. The minimum Gasteiger partial charge on any atom is -0.496 e. The van der Waals surface area contributed by atoms with Crippen molar-refractivity contribution in [3.63, 3.8) is 0 Å². The summed E-state index contributed by atoms with van der Waals surface area (Å²) >= 11 is 0. The molecule has 0 aliphatic carbocycles. The molecule has 7 nitrogen and oxygen atoms in total. The van der Waals surface area contributed by atoms with Crippen LogP contribution in [0.4, 0.5) is 11.4 Å². The summed E-state index contributed by atoms with van der Waals surface area (Å²) in [5, 5.41) is 6.32. The van der Waals surface area contributed by atoms with Crippen molar-refractivity contribution in [1.82, 2.24) is 4.98 Å². The smallest absolute Gasteiger partial charge is 0.221 e. The minimum atomic E-state index is -0.230. The van der Waals surface area contributed by atoms with Gasteiger partial charge in [-0.05, 0) is 17.7 Å². The Morgan fingerprint density at radius 1 is 0.893 bits per heavy atom. The molecule has 0 bridgehead atoms. The van der Waals surface area contributed by atoms with Gasteiger partial charge in [0.05, 0.1) is 25.3 Å². The maximum atomic E-state index is 11.6. The molecule has 0 aliphatic rings. The summed E-state index contributed by atoms with van der Waals surface area (Å²) in [5.41, 5.74) is 3.32. The summed E-state index contributed by atoms with van der Waals surface area (Å²) in [6.45, 7) is 2.88. The molecule has 0 saturated carbocycles. The number of methoxy groups -OCH3 is 2. The van der Waals surface area contributed by atoms with E-state index in [1.54, 1.807) is 19.4 Å². The Morgan fingerprint density at radius 3 is 2.21 bits per heavy atom. The number of anilines is 2. The zero-order chi connectivity index (χ0) is 20.3. The summed E-state index contributed by atoms with van der Waals surface area (Å²) in [6.07, 6.45) is 1.65. The van der Waals surface area contributed by atoms with Gasteiger partial charge < -0.3 is 20.1 Å². The zero-order valence-electron chi connectivity index (χ0n) is 16.1. The number of nitrogens with zero attached hydrogens (tertiary/aromatic N) is 1. The average molecular weight is 379 g/mol. The second-order valence-corrected chi connectivity index (χ2v) is 6.15. The van der Waals surface area contributed by atoms with Crippen LogP contribution in [0.25, 0.3) is 22.0 Å². The Hall–Kier alpha value is -3.61. The second-order valence-electron chi connectivity index (χ2n) is 6.15. The molecule has 0 spiro atoms. The lowest BCUT2D eigenvalue weighted by Crippen LogP contribution is -2.09. The molecule has 3 aromatic rings. The molecule has 1 aromatic heterocycles. The number of ether oxygens (including phenoxy) is 2. The fourth-order valence-electron chi connectivity index (χ4n) is 3.17. The van der Waals surface area contributed by atoms with E-state index in [1.165, 1.54) is 21.0 Å². The Kier molecular flexibility index (Phi) is 5.44. The van der Waals surface area contributed by atoms with E-state index in [0.717, 1.165) is 11.1 Å². The van der Waals surface area contributed by atoms with E-state index in [1.807, 2.05) is 30.3 Å². The van der Waals surface area contributed by atoms with Gasteiger partial charge in [0.15, 0.2) is 5.75 Å². The van der Waals surface area contributed by atoms with E-state index < -0.39 is 0 Å². The van der Waals surface area contributed by atoms with Crippen LogP contribution >= 0.6 is 0 Å². The molecule has 2 N–H and O–H groups in total. The molecule has 144 valence electrons. The van der Waals surface area contributed by atoms with Gasteiger partial charge in [-0.25, -0.2) is 0 Å². The van der Waals surface area contributed by atoms with Crippen LogP contribution in [-0.2, 0) is 9.59 Å². The molecule has 0 unspecified atom stereocenters. The molecule has 0 atom stereocenters. The first-order valence-corrected chi connectivity index (χ1v) is 8.64. The van der Waals surface area contributed by atoms with Crippen LogP contribution in [0, 0.1) is 0 Å². The molecule has 2 aromatic carbocycles. The van der Waals surface area contributed by atoms with Gasteiger partial charge in [0.2, 0.25) is 11.8 Å². The third kappa shape index (κ3) is 3.59. The number of pyridine rings is 1. The van der Waals surface area contributed by atoms with Crippen LogP contribution in [-0.4, -0.2) is 31.0 Å². The molecule has 28 heavy (non-hydrogen) atoms. The normalized spacial score (nSPS) is 10.4. The molecule has 0 saturated heterocycles. The highest BCUT2D eigenvalue weighted by Gasteiger charge is 2.20. The number of hydrogen-bond donors (Lipinski definition) is 2. The summed E-state index contributed by atoms with van der Waals surface area (Å²) in [6, 6.07) is 11.0. The van der Waals surface area contributed by atoms with E-state index in [2.05, 4.69) is 15.6 Å². The van der Waals surface area contributed by atoms with E-state index in [0.29, 0.717) is 33.8 Å². The third-order valence-electron chi connectivity index (χ3n) is 4.20. The summed E-state index contributed by atoms with van der Waals surface area (Å²) in [5.74, 6) is 0.570. The van der Waals surface area contributed by atoms with E-state index in [9.17, 15) is 9.59 Å². The number of benzene rings is 2. The number of nitrogens with one attached hydrogen (secondary N) is 2. The second kappa shape index (κ2) is 7.96. The molecule has 3 rings (SSSR count). The van der Waals surface area contributed by atoms with Crippen molar-refractivity contribution in [3.8, 4) is 22.6 Å². The fourth-order valence-corrected chi connectivity index (χ4v) is 3.17. The van der Waals surface area contributed by atoms with E-state index in [-0.39, 0.29) is 11.8 Å². The molecule has 0 fully saturated rings. The van der Waals surface area contributed by atoms with Gasteiger partial charge in [0, 0.05) is 37.4 Å². The van der Waals surface area contributed by atoms with Crippen molar-refractivity contribution in [2.45, 2.75) is 13.8 Å². The van der Waals surface area contributed by atoms with Crippen LogP contribution in [0.3, 0.4) is 0 Å². The first kappa shape index (κ1) is 19.2. The van der Waals surface area contributed by atoms with Crippen LogP contribution in [0.2, 0.25) is 0 Å². The summed E-state index contributed by atoms with van der Waals surface area (Å²) in [7, 11) is 3.07. The molecule has 2 amide bonds. The number of para-hydroxylation sites is 1. The number of rotatable bonds is 5. The fraction of sp³-hybridized carbons (Fsp3) is 0.190.